The molecule has 1 heteroatoms. The molecular formula is C15H17N. The number of rotatable bonds is 1. The van der Waals surface area contributed by atoms with Crippen LogP contribution in [0.4, 0.5) is 0 Å². The van der Waals surface area contributed by atoms with E-state index in [1.54, 1.807) is 0 Å². The van der Waals surface area contributed by atoms with Crippen molar-refractivity contribution in [3.05, 3.63) is 48.0 Å². The molecule has 0 saturated carbocycles. The molecule has 1 atom stereocenters. The molecule has 1 saturated heterocycles. The Hall–Kier alpha value is -1.34. The van der Waals surface area contributed by atoms with Gasteiger partial charge in [0.15, 0.2) is 0 Å². The van der Waals surface area contributed by atoms with E-state index >= 15 is 0 Å². The van der Waals surface area contributed by atoms with Crippen LogP contribution in [-0.4, -0.2) is 6.54 Å². The van der Waals surface area contributed by atoms with Crippen molar-refractivity contribution in [2.45, 2.75) is 25.3 Å². The van der Waals surface area contributed by atoms with Crippen LogP contribution in [0, 0.1) is 0 Å². The first kappa shape index (κ1) is 9.86. The molecule has 0 spiro atoms. The summed E-state index contributed by atoms with van der Waals surface area (Å²) in [5, 5.41) is 6.39. The molecule has 1 heterocycles. The van der Waals surface area contributed by atoms with Crippen LogP contribution < -0.4 is 5.32 Å². The third-order valence-corrected chi connectivity index (χ3v) is 3.51. The Balaban J connectivity index is 2.08. The van der Waals surface area contributed by atoms with Gasteiger partial charge in [0.05, 0.1) is 0 Å². The molecule has 1 N–H and O–H groups in total. The van der Waals surface area contributed by atoms with Gasteiger partial charge in [0.1, 0.15) is 0 Å². The smallest absolute Gasteiger partial charge is 0.0326 e. The highest BCUT2D eigenvalue weighted by atomic mass is 14.9. The summed E-state index contributed by atoms with van der Waals surface area (Å²) in [4.78, 5) is 0. The summed E-state index contributed by atoms with van der Waals surface area (Å²) in [6.45, 7) is 1.16. The molecule has 1 aliphatic rings. The standard InChI is InChI=1S/C15H17N/c1-2-8-13-12(6-1)7-5-9-14(13)15-10-3-4-11-16-15/h1-2,5-9,15-16H,3-4,10-11H2/t15-/m0/s1. The van der Waals surface area contributed by atoms with Crippen molar-refractivity contribution in [1.82, 2.24) is 5.32 Å². The van der Waals surface area contributed by atoms with Crippen molar-refractivity contribution in [2.24, 2.45) is 0 Å². The lowest BCUT2D eigenvalue weighted by Gasteiger charge is -2.25. The van der Waals surface area contributed by atoms with Crippen LogP contribution in [0.1, 0.15) is 30.9 Å². The molecule has 3 rings (SSSR count). The van der Waals surface area contributed by atoms with Gasteiger partial charge < -0.3 is 5.32 Å². The van der Waals surface area contributed by atoms with Crippen LogP contribution in [0.25, 0.3) is 10.8 Å². The predicted molar refractivity (Wildman–Crippen MR) is 68.5 cm³/mol. The van der Waals surface area contributed by atoms with Gasteiger partial charge in [-0.3, -0.25) is 0 Å². The number of hydrogen-bond acceptors (Lipinski definition) is 1. The quantitative estimate of drug-likeness (QED) is 0.759. The van der Waals surface area contributed by atoms with Crippen LogP contribution in [0.15, 0.2) is 42.5 Å². The van der Waals surface area contributed by atoms with E-state index in [9.17, 15) is 0 Å². The van der Waals surface area contributed by atoms with Gasteiger partial charge in [0, 0.05) is 6.04 Å². The lowest BCUT2D eigenvalue weighted by Crippen LogP contribution is -2.26. The summed E-state index contributed by atoms with van der Waals surface area (Å²) in [5.74, 6) is 0. The van der Waals surface area contributed by atoms with E-state index in [2.05, 4.69) is 47.8 Å². The second kappa shape index (κ2) is 4.26. The van der Waals surface area contributed by atoms with Gasteiger partial charge in [0.25, 0.3) is 0 Å². The average molecular weight is 211 g/mol. The van der Waals surface area contributed by atoms with Crippen LogP contribution in [-0.2, 0) is 0 Å². The normalized spacial score (nSPS) is 21.1. The highest BCUT2D eigenvalue weighted by molar-refractivity contribution is 5.86. The zero-order valence-corrected chi connectivity index (χ0v) is 9.45. The lowest BCUT2D eigenvalue weighted by atomic mass is 9.93. The molecule has 0 amide bonds. The molecule has 0 aromatic heterocycles. The summed E-state index contributed by atoms with van der Waals surface area (Å²) < 4.78 is 0. The van der Waals surface area contributed by atoms with Crippen molar-refractivity contribution in [1.29, 1.82) is 0 Å². The lowest BCUT2D eigenvalue weighted by molar-refractivity contribution is 0.414. The molecule has 82 valence electrons. The molecular weight excluding hydrogens is 194 g/mol. The number of nitrogens with one attached hydrogen (secondary N) is 1. The van der Waals surface area contributed by atoms with Crippen molar-refractivity contribution < 1.29 is 0 Å². The average Bonchev–Trinajstić information content (AvgIpc) is 2.39. The number of piperidine rings is 1. The van der Waals surface area contributed by atoms with E-state index < -0.39 is 0 Å². The Labute approximate surface area is 96.5 Å². The molecule has 0 radical (unpaired) electrons. The summed E-state index contributed by atoms with van der Waals surface area (Å²) >= 11 is 0. The Bertz CT molecular complexity index is 478. The van der Waals surface area contributed by atoms with E-state index in [-0.39, 0.29) is 0 Å². The molecule has 0 unspecified atom stereocenters. The maximum atomic E-state index is 3.63. The first-order valence-corrected chi connectivity index (χ1v) is 6.16. The van der Waals surface area contributed by atoms with Gasteiger partial charge in [-0.05, 0) is 35.7 Å². The molecule has 1 aliphatic heterocycles. The zero-order valence-electron chi connectivity index (χ0n) is 9.45. The molecule has 16 heavy (non-hydrogen) atoms. The predicted octanol–water partition coefficient (Wildman–Crippen LogP) is 3.65. The van der Waals surface area contributed by atoms with E-state index in [1.807, 2.05) is 0 Å². The Morgan fingerprint density at radius 1 is 0.938 bits per heavy atom. The van der Waals surface area contributed by atoms with E-state index in [0.717, 1.165) is 6.54 Å². The van der Waals surface area contributed by atoms with E-state index in [0.29, 0.717) is 6.04 Å². The third kappa shape index (κ3) is 1.72. The van der Waals surface area contributed by atoms with Gasteiger partial charge in [-0.25, -0.2) is 0 Å². The summed E-state index contributed by atoms with van der Waals surface area (Å²) in [5.41, 5.74) is 1.47. The van der Waals surface area contributed by atoms with Gasteiger partial charge >= 0.3 is 0 Å². The fourth-order valence-electron chi connectivity index (χ4n) is 2.67. The Kier molecular flexibility index (Phi) is 2.63. The largest absolute Gasteiger partial charge is 0.310 e. The number of benzene rings is 2. The second-order valence-electron chi connectivity index (χ2n) is 4.57. The minimum Gasteiger partial charge on any atom is -0.310 e. The van der Waals surface area contributed by atoms with Gasteiger partial charge in [-0.15, -0.1) is 0 Å². The summed E-state index contributed by atoms with van der Waals surface area (Å²) in [6.07, 6.45) is 3.94. The summed E-state index contributed by atoms with van der Waals surface area (Å²) in [7, 11) is 0. The van der Waals surface area contributed by atoms with Crippen LogP contribution in [0.3, 0.4) is 0 Å². The van der Waals surface area contributed by atoms with Crippen LogP contribution >= 0.6 is 0 Å². The van der Waals surface area contributed by atoms with Crippen molar-refractivity contribution in [3.63, 3.8) is 0 Å². The minimum absolute atomic E-state index is 0.555. The van der Waals surface area contributed by atoms with Crippen molar-refractivity contribution in [3.8, 4) is 0 Å². The second-order valence-corrected chi connectivity index (χ2v) is 4.57. The maximum Gasteiger partial charge on any atom is 0.0326 e. The highest BCUT2D eigenvalue weighted by Gasteiger charge is 2.16. The topological polar surface area (TPSA) is 12.0 Å². The third-order valence-electron chi connectivity index (χ3n) is 3.51. The monoisotopic (exact) mass is 211 g/mol. The van der Waals surface area contributed by atoms with Crippen LogP contribution in [0.2, 0.25) is 0 Å². The molecule has 0 bridgehead atoms. The number of hydrogen-bond donors (Lipinski definition) is 1. The molecule has 1 nitrogen and oxygen atoms in total. The summed E-state index contributed by atoms with van der Waals surface area (Å²) in [6, 6.07) is 15.9. The van der Waals surface area contributed by atoms with Crippen molar-refractivity contribution >= 4 is 10.8 Å². The first-order chi connectivity index (χ1) is 7.95. The SMILES string of the molecule is c1ccc2c([C@@H]3CCCCN3)cccc2c1. The maximum absolute atomic E-state index is 3.63. The molecule has 2 aromatic carbocycles. The van der Waals surface area contributed by atoms with Gasteiger partial charge in [-0.2, -0.15) is 0 Å². The fraction of sp³-hybridized carbons (Fsp3) is 0.333. The van der Waals surface area contributed by atoms with E-state index in [1.165, 1.54) is 35.6 Å². The molecule has 1 fully saturated rings. The van der Waals surface area contributed by atoms with Gasteiger partial charge in [0.2, 0.25) is 0 Å². The molecule has 0 aliphatic carbocycles. The zero-order chi connectivity index (χ0) is 10.8. The number of fused-ring (bicyclic) bond motifs is 1. The Morgan fingerprint density at radius 3 is 2.69 bits per heavy atom. The Morgan fingerprint density at radius 2 is 1.81 bits per heavy atom. The van der Waals surface area contributed by atoms with E-state index in [4.69, 9.17) is 0 Å². The fourth-order valence-corrected chi connectivity index (χ4v) is 2.67. The minimum atomic E-state index is 0.555. The van der Waals surface area contributed by atoms with Crippen LogP contribution in [0.5, 0.6) is 0 Å². The van der Waals surface area contributed by atoms with Gasteiger partial charge in [-0.1, -0.05) is 48.9 Å². The first-order valence-electron chi connectivity index (χ1n) is 6.16. The molecule has 2 aromatic rings. The highest BCUT2D eigenvalue weighted by Crippen LogP contribution is 2.29. The van der Waals surface area contributed by atoms with Crippen molar-refractivity contribution in [2.75, 3.05) is 6.54 Å².